The van der Waals surface area contributed by atoms with Crippen LogP contribution in [0.1, 0.15) is 33.1 Å². The molecule has 0 bridgehead atoms. The molecule has 0 aromatic heterocycles. The van der Waals surface area contributed by atoms with Gasteiger partial charge in [0.15, 0.2) is 0 Å². The van der Waals surface area contributed by atoms with Crippen molar-refractivity contribution in [2.45, 2.75) is 33.1 Å². The molecule has 0 aromatic rings. The fourth-order valence-corrected chi connectivity index (χ4v) is 1.58. The molecular formula is C10H16O. The molecule has 2 atom stereocenters. The number of hydrogen-bond acceptors (Lipinski definition) is 1. The Morgan fingerprint density at radius 3 is 2.64 bits per heavy atom. The molecule has 0 aromatic carbocycles. The van der Waals surface area contributed by atoms with Gasteiger partial charge in [-0.05, 0) is 25.7 Å². The molecule has 0 aliphatic heterocycles. The maximum Gasteiger partial charge on any atom is 0.136 e. The second kappa shape index (κ2) is 3.21. The smallest absolute Gasteiger partial charge is 0.136 e. The molecule has 0 saturated heterocycles. The van der Waals surface area contributed by atoms with E-state index in [0.29, 0.717) is 17.6 Å². The van der Waals surface area contributed by atoms with E-state index in [9.17, 15) is 4.79 Å². The minimum absolute atomic E-state index is 0.297. The predicted molar refractivity (Wildman–Crippen MR) is 46.3 cm³/mol. The van der Waals surface area contributed by atoms with E-state index >= 15 is 0 Å². The van der Waals surface area contributed by atoms with Gasteiger partial charge in [-0.1, -0.05) is 19.1 Å². The maximum absolute atomic E-state index is 11.3. The van der Waals surface area contributed by atoms with E-state index in [1.165, 1.54) is 5.57 Å². The van der Waals surface area contributed by atoms with E-state index in [4.69, 9.17) is 0 Å². The molecule has 0 N–H and O–H groups in total. The van der Waals surface area contributed by atoms with Crippen molar-refractivity contribution in [3.8, 4) is 0 Å². The fraction of sp³-hybridized carbons (Fsp3) is 0.700. The van der Waals surface area contributed by atoms with Crippen molar-refractivity contribution in [2.24, 2.45) is 11.8 Å². The van der Waals surface area contributed by atoms with Crippen LogP contribution >= 0.6 is 0 Å². The van der Waals surface area contributed by atoms with Crippen molar-refractivity contribution in [3.05, 3.63) is 12.2 Å². The van der Waals surface area contributed by atoms with Crippen LogP contribution in [0.2, 0.25) is 0 Å². The van der Waals surface area contributed by atoms with Gasteiger partial charge in [-0.3, -0.25) is 4.79 Å². The van der Waals surface area contributed by atoms with Crippen molar-refractivity contribution < 1.29 is 4.79 Å². The molecule has 1 heteroatoms. The summed E-state index contributed by atoms with van der Waals surface area (Å²) in [4.78, 5) is 11.3. The Labute approximate surface area is 68.5 Å². The van der Waals surface area contributed by atoms with E-state index in [1.807, 2.05) is 13.8 Å². The molecule has 1 unspecified atom stereocenters. The Morgan fingerprint density at radius 2 is 2.18 bits per heavy atom. The van der Waals surface area contributed by atoms with Gasteiger partial charge in [-0.15, -0.1) is 0 Å². The lowest BCUT2D eigenvalue weighted by atomic mass is 9.79. The van der Waals surface area contributed by atoms with Gasteiger partial charge in [0.25, 0.3) is 0 Å². The van der Waals surface area contributed by atoms with Crippen LogP contribution < -0.4 is 0 Å². The molecule has 0 radical (unpaired) electrons. The summed E-state index contributed by atoms with van der Waals surface area (Å²) in [5, 5.41) is 0. The first-order valence-corrected chi connectivity index (χ1v) is 4.29. The third-order valence-electron chi connectivity index (χ3n) is 2.64. The molecule has 11 heavy (non-hydrogen) atoms. The Morgan fingerprint density at radius 1 is 1.55 bits per heavy atom. The van der Waals surface area contributed by atoms with Crippen LogP contribution in [0.4, 0.5) is 0 Å². The lowest BCUT2D eigenvalue weighted by Crippen LogP contribution is -2.22. The zero-order valence-electron chi connectivity index (χ0n) is 7.39. The minimum Gasteiger partial charge on any atom is -0.299 e. The van der Waals surface area contributed by atoms with Gasteiger partial charge in [-0.2, -0.15) is 0 Å². The summed E-state index contributed by atoms with van der Waals surface area (Å²) < 4.78 is 0. The zero-order chi connectivity index (χ0) is 8.43. The number of hydrogen-bond donors (Lipinski definition) is 0. The van der Waals surface area contributed by atoms with Gasteiger partial charge in [0, 0.05) is 12.3 Å². The van der Waals surface area contributed by atoms with Crippen LogP contribution in [-0.2, 0) is 4.79 Å². The first-order chi connectivity index (χ1) is 5.11. The molecule has 1 aliphatic carbocycles. The summed E-state index contributed by atoms with van der Waals surface area (Å²) in [5.41, 5.74) is 1.17. The average molecular weight is 152 g/mol. The standard InChI is InChI=1S/C10H16O/c1-7(2)9-5-4-8(3)10(11)6-9/h8-9H,1,4-6H2,2-3H3/t8-,9?/m1/s1. The van der Waals surface area contributed by atoms with Gasteiger partial charge in [0.05, 0.1) is 0 Å². The predicted octanol–water partition coefficient (Wildman–Crippen LogP) is 2.57. The van der Waals surface area contributed by atoms with Crippen molar-refractivity contribution >= 4 is 5.78 Å². The number of ketones is 1. The molecule has 0 heterocycles. The number of Topliss-reactive ketones (excluding diaryl/α,β-unsaturated/α-hetero) is 1. The van der Waals surface area contributed by atoms with Crippen molar-refractivity contribution in [1.29, 1.82) is 0 Å². The first-order valence-electron chi connectivity index (χ1n) is 4.29. The van der Waals surface area contributed by atoms with Gasteiger partial charge in [0.2, 0.25) is 0 Å². The van der Waals surface area contributed by atoms with Gasteiger partial charge in [-0.25, -0.2) is 0 Å². The van der Waals surface area contributed by atoms with Gasteiger partial charge in [0.1, 0.15) is 5.78 Å². The van der Waals surface area contributed by atoms with Crippen molar-refractivity contribution in [3.63, 3.8) is 0 Å². The summed E-state index contributed by atoms with van der Waals surface area (Å²) in [5.74, 6) is 1.19. The molecule has 1 rings (SSSR count). The van der Waals surface area contributed by atoms with E-state index in [0.717, 1.165) is 19.3 Å². The quantitative estimate of drug-likeness (QED) is 0.528. The summed E-state index contributed by atoms with van der Waals surface area (Å²) in [7, 11) is 0. The van der Waals surface area contributed by atoms with Crippen LogP contribution in [0.15, 0.2) is 12.2 Å². The third-order valence-corrected chi connectivity index (χ3v) is 2.64. The largest absolute Gasteiger partial charge is 0.299 e. The molecule has 1 aliphatic rings. The number of rotatable bonds is 1. The third kappa shape index (κ3) is 1.92. The number of carbonyl (C=O) groups excluding carboxylic acids is 1. The van der Waals surface area contributed by atoms with E-state index in [-0.39, 0.29) is 0 Å². The Hall–Kier alpha value is -0.590. The van der Waals surface area contributed by atoms with E-state index in [1.54, 1.807) is 0 Å². The first kappa shape index (κ1) is 8.51. The Bertz CT molecular complexity index is 181. The van der Waals surface area contributed by atoms with Gasteiger partial charge < -0.3 is 0 Å². The number of carbonyl (C=O) groups is 1. The molecular weight excluding hydrogens is 136 g/mol. The van der Waals surface area contributed by atoms with Crippen molar-refractivity contribution in [1.82, 2.24) is 0 Å². The highest BCUT2D eigenvalue weighted by Gasteiger charge is 2.25. The van der Waals surface area contributed by atoms with E-state index in [2.05, 4.69) is 6.58 Å². The zero-order valence-corrected chi connectivity index (χ0v) is 7.39. The monoisotopic (exact) mass is 152 g/mol. The van der Waals surface area contributed by atoms with Crippen LogP contribution in [0.25, 0.3) is 0 Å². The Balaban J connectivity index is 2.53. The molecule has 0 spiro atoms. The SMILES string of the molecule is C=C(C)C1CC[C@@H](C)C(=O)C1. The minimum atomic E-state index is 0.297. The lowest BCUT2D eigenvalue weighted by molar-refractivity contribution is -0.124. The second-order valence-electron chi connectivity index (χ2n) is 3.69. The van der Waals surface area contributed by atoms with Crippen LogP contribution in [-0.4, -0.2) is 5.78 Å². The van der Waals surface area contributed by atoms with Crippen LogP contribution in [0, 0.1) is 11.8 Å². The van der Waals surface area contributed by atoms with Crippen molar-refractivity contribution in [2.75, 3.05) is 0 Å². The molecule has 1 saturated carbocycles. The topological polar surface area (TPSA) is 17.1 Å². The molecule has 1 fully saturated rings. The van der Waals surface area contributed by atoms with Gasteiger partial charge >= 0.3 is 0 Å². The maximum atomic E-state index is 11.3. The molecule has 1 nitrogen and oxygen atoms in total. The molecule has 62 valence electrons. The van der Waals surface area contributed by atoms with Crippen LogP contribution in [0.5, 0.6) is 0 Å². The number of allylic oxidation sites excluding steroid dienone is 1. The summed E-state index contributed by atoms with van der Waals surface area (Å²) >= 11 is 0. The highest BCUT2D eigenvalue weighted by atomic mass is 16.1. The highest BCUT2D eigenvalue weighted by Crippen LogP contribution is 2.29. The van der Waals surface area contributed by atoms with E-state index < -0.39 is 0 Å². The average Bonchev–Trinajstić information content (AvgIpc) is 1.94. The second-order valence-corrected chi connectivity index (χ2v) is 3.69. The Kier molecular flexibility index (Phi) is 2.48. The molecule has 0 amide bonds. The highest BCUT2D eigenvalue weighted by molar-refractivity contribution is 5.81. The summed E-state index contributed by atoms with van der Waals surface area (Å²) in [6, 6.07) is 0. The summed E-state index contributed by atoms with van der Waals surface area (Å²) in [6.07, 6.45) is 2.94. The van der Waals surface area contributed by atoms with Crippen LogP contribution in [0.3, 0.4) is 0 Å². The normalized spacial score (nSPS) is 32.0. The lowest BCUT2D eigenvalue weighted by Gasteiger charge is -2.25. The summed E-state index contributed by atoms with van der Waals surface area (Å²) in [6.45, 7) is 7.93. The fourth-order valence-electron chi connectivity index (χ4n) is 1.58.